The first kappa shape index (κ1) is 16.4. The number of imidazole rings is 1. The van der Waals surface area contributed by atoms with Gasteiger partial charge in [0.05, 0.1) is 11.3 Å². The van der Waals surface area contributed by atoms with Gasteiger partial charge in [-0.1, -0.05) is 36.1 Å². The first-order valence-electron chi connectivity index (χ1n) is 8.80. The van der Waals surface area contributed by atoms with Gasteiger partial charge in [-0.25, -0.2) is 4.98 Å². The maximum absolute atomic E-state index is 9.77. The molecule has 2 heterocycles. The van der Waals surface area contributed by atoms with Gasteiger partial charge in [0.15, 0.2) is 0 Å². The Hall–Kier alpha value is -3.03. The lowest BCUT2D eigenvalue weighted by Crippen LogP contribution is -2.22. The van der Waals surface area contributed by atoms with Gasteiger partial charge in [-0.2, -0.15) is 0 Å². The van der Waals surface area contributed by atoms with Crippen LogP contribution in [0, 0.1) is 17.8 Å². The van der Waals surface area contributed by atoms with Crippen molar-refractivity contribution in [1.29, 1.82) is 0 Å². The number of fused-ring (bicyclic) bond motifs is 1. The predicted molar refractivity (Wildman–Crippen MR) is 101 cm³/mol. The number of nitrogens with zero attached hydrogens (tertiary/aromatic N) is 2. The second-order valence-electron chi connectivity index (χ2n) is 6.63. The van der Waals surface area contributed by atoms with E-state index >= 15 is 0 Å². The third-order valence-corrected chi connectivity index (χ3v) is 4.77. The van der Waals surface area contributed by atoms with E-state index in [1.54, 1.807) is 18.2 Å². The quantitative estimate of drug-likeness (QED) is 0.702. The van der Waals surface area contributed by atoms with E-state index in [-0.39, 0.29) is 12.4 Å². The van der Waals surface area contributed by atoms with Gasteiger partial charge in [0.25, 0.3) is 0 Å². The van der Waals surface area contributed by atoms with Crippen LogP contribution in [0.25, 0.3) is 11.3 Å². The Morgan fingerprint density at radius 3 is 2.65 bits per heavy atom. The molecule has 0 fully saturated rings. The number of phenolic OH excluding ortho intramolecular Hbond substituents is 1. The zero-order valence-corrected chi connectivity index (χ0v) is 14.4. The van der Waals surface area contributed by atoms with Gasteiger partial charge in [0.2, 0.25) is 0 Å². The van der Waals surface area contributed by atoms with Crippen LogP contribution in [0.15, 0.2) is 54.7 Å². The fourth-order valence-electron chi connectivity index (χ4n) is 3.25. The number of aliphatic hydroxyl groups is 1. The van der Waals surface area contributed by atoms with Crippen LogP contribution in [-0.4, -0.2) is 26.4 Å². The summed E-state index contributed by atoms with van der Waals surface area (Å²) >= 11 is 0. The van der Waals surface area contributed by atoms with Crippen molar-refractivity contribution in [3.8, 4) is 28.8 Å². The van der Waals surface area contributed by atoms with E-state index < -0.39 is 0 Å². The molecule has 0 bridgehead atoms. The average molecular weight is 344 g/mol. The summed E-state index contributed by atoms with van der Waals surface area (Å²) in [4.78, 5) is 4.74. The summed E-state index contributed by atoms with van der Waals surface area (Å²) in [5, 5.41) is 19.1. The van der Waals surface area contributed by atoms with E-state index in [0.717, 1.165) is 42.0 Å². The highest BCUT2D eigenvalue weighted by atomic mass is 16.3. The monoisotopic (exact) mass is 344 g/mol. The summed E-state index contributed by atoms with van der Waals surface area (Å²) in [6.07, 6.45) is 3.98. The number of rotatable bonds is 2. The van der Waals surface area contributed by atoms with E-state index in [1.165, 1.54) is 0 Å². The molecule has 1 unspecified atom stereocenters. The summed E-state index contributed by atoms with van der Waals surface area (Å²) in [7, 11) is 0. The van der Waals surface area contributed by atoms with E-state index in [0.29, 0.717) is 11.5 Å². The molecular formula is C22H20N2O2. The van der Waals surface area contributed by atoms with Crippen molar-refractivity contribution < 1.29 is 10.2 Å². The lowest BCUT2D eigenvalue weighted by atomic mass is 10.0. The molecule has 2 aromatic carbocycles. The molecule has 1 aromatic heterocycles. The van der Waals surface area contributed by atoms with Crippen LogP contribution in [0.1, 0.15) is 23.4 Å². The Bertz CT molecular complexity index is 977. The van der Waals surface area contributed by atoms with Crippen LogP contribution < -0.4 is 0 Å². The molecule has 3 aromatic rings. The summed E-state index contributed by atoms with van der Waals surface area (Å²) in [5.41, 5.74) is 3.53. The van der Waals surface area contributed by atoms with Gasteiger partial charge < -0.3 is 14.8 Å². The zero-order chi connectivity index (χ0) is 17.9. The number of hydrogen-bond acceptors (Lipinski definition) is 3. The van der Waals surface area contributed by atoms with Crippen LogP contribution in [0.5, 0.6) is 5.75 Å². The van der Waals surface area contributed by atoms with Crippen molar-refractivity contribution in [3.63, 3.8) is 0 Å². The number of para-hydroxylation sites is 1. The minimum atomic E-state index is 0.196. The van der Waals surface area contributed by atoms with Crippen LogP contribution in [0.3, 0.4) is 0 Å². The number of aromatic hydroxyl groups is 1. The van der Waals surface area contributed by atoms with Gasteiger partial charge >= 0.3 is 0 Å². The summed E-state index contributed by atoms with van der Waals surface area (Å²) in [5.74, 6) is 7.69. The van der Waals surface area contributed by atoms with Crippen molar-refractivity contribution in [2.24, 2.45) is 5.92 Å². The van der Waals surface area contributed by atoms with Gasteiger partial charge in [0, 0.05) is 42.8 Å². The molecule has 1 atom stereocenters. The van der Waals surface area contributed by atoms with Crippen LogP contribution >= 0.6 is 0 Å². The third-order valence-electron chi connectivity index (χ3n) is 4.77. The molecule has 4 heteroatoms. The summed E-state index contributed by atoms with van der Waals surface area (Å²) in [6, 6.07) is 15.0. The molecule has 1 aliphatic rings. The molecule has 1 aliphatic heterocycles. The number of benzene rings is 2. The Labute approximate surface area is 152 Å². The van der Waals surface area contributed by atoms with Gasteiger partial charge in [-0.3, -0.25) is 0 Å². The second-order valence-corrected chi connectivity index (χ2v) is 6.63. The predicted octanol–water partition coefficient (Wildman–Crippen LogP) is 3.21. The van der Waals surface area contributed by atoms with E-state index in [2.05, 4.69) is 22.6 Å². The maximum Gasteiger partial charge on any atom is 0.131 e. The van der Waals surface area contributed by atoms with Crippen LogP contribution in [0.4, 0.5) is 0 Å². The molecule has 0 radical (unpaired) electrons. The first-order chi connectivity index (χ1) is 12.7. The number of aliphatic hydroxyl groups excluding tert-OH is 1. The second kappa shape index (κ2) is 7.07. The topological polar surface area (TPSA) is 58.3 Å². The smallest absolute Gasteiger partial charge is 0.131 e. The fraction of sp³-hybridized carbons (Fsp3) is 0.227. The third kappa shape index (κ3) is 3.35. The van der Waals surface area contributed by atoms with Crippen molar-refractivity contribution >= 4 is 0 Å². The fourth-order valence-corrected chi connectivity index (χ4v) is 3.25. The molecule has 4 rings (SSSR count). The zero-order valence-electron chi connectivity index (χ0n) is 14.4. The van der Waals surface area contributed by atoms with E-state index in [1.807, 2.05) is 30.3 Å². The molecule has 0 saturated heterocycles. The molecule has 0 aliphatic carbocycles. The summed E-state index contributed by atoms with van der Waals surface area (Å²) < 4.78 is 2.16. The molecule has 0 amide bonds. The summed E-state index contributed by atoms with van der Waals surface area (Å²) in [6.45, 7) is 1.07. The highest BCUT2D eigenvalue weighted by molar-refractivity contribution is 5.60. The van der Waals surface area contributed by atoms with Crippen molar-refractivity contribution in [1.82, 2.24) is 9.55 Å². The highest BCUT2D eigenvalue weighted by Crippen LogP contribution is 2.25. The van der Waals surface area contributed by atoms with Crippen molar-refractivity contribution in [3.05, 3.63) is 71.7 Å². The Morgan fingerprint density at radius 1 is 1.08 bits per heavy atom. The standard InChI is InChI=1S/C22H20N2O2/c25-15-17-8-12-22-23-20(14-24(22)13-17)18-9-5-16(6-10-18)7-11-19-3-1-2-4-21(19)26/h1-6,9-10,14,17,25-26H,8,12-13,15H2. The molecule has 4 nitrogen and oxygen atoms in total. The van der Waals surface area contributed by atoms with Crippen LogP contribution in [-0.2, 0) is 13.0 Å². The number of phenols is 1. The highest BCUT2D eigenvalue weighted by Gasteiger charge is 2.20. The molecule has 2 N–H and O–H groups in total. The first-order valence-corrected chi connectivity index (χ1v) is 8.80. The minimum Gasteiger partial charge on any atom is -0.507 e. The molecule has 0 spiro atoms. The molecule has 130 valence electrons. The lowest BCUT2D eigenvalue weighted by molar-refractivity contribution is 0.190. The number of aryl methyl sites for hydroxylation is 1. The van der Waals surface area contributed by atoms with Crippen molar-refractivity contribution in [2.75, 3.05) is 6.61 Å². The number of aromatic nitrogens is 2. The Balaban J connectivity index is 1.54. The maximum atomic E-state index is 9.77. The number of hydrogen-bond donors (Lipinski definition) is 2. The minimum absolute atomic E-state index is 0.196. The van der Waals surface area contributed by atoms with E-state index in [4.69, 9.17) is 4.98 Å². The van der Waals surface area contributed by atoms with Crippen molar-refractivity contribution in [2.45, 2.75) is 19.4 Å². The van der Waals surface area contributed by atoms with Gasteiger partial charge in [-0.15, -0.1) is 0 Å². The SMILES string of the molecule is OCC1CCc2nc(-c3ccc(C#Cc4ccccc4O)cc3)cn2C1. The average Bonchev–Trinajstić information content (AvgIpc) is 3.11. The Morgan fingerprint density at radius 2 is 1.88 bits per heavy atom. The molecular weight excluding hydrogens is 324 g/mol. The van der Waals surface area contributed by atoms with Crippen LogP contribution in [0.2, 0.25) is 0 Å². The normalized spacial score (nSPS) is 15.8. The van der Waals surface area contributed by atoms with Gasteiger partial charge in [-0.05, 0) is 30.7 Å². The largest absolute Gasteiger partial charge is 0.507 e. The molecule has 0 saturated carbocycles. The molecule has 26 heavy (non-hydrogen) atoms. The lowest BCUT2D eigenvalue weighted by Gasteiger charge is -2.21. The van der Waals surface area contributed by atoms with E-state index in [9.17, 15) is 10.2 Å². The van der Waals surface area contributed by atoms with Gasteiger partial charge in [0.1, 0.15) is 11.6 Å². The Kier molecular flexibility index (Phi) is 4.47.